The third-order valence-corrected chi connectivity index (χ3v) is 2.35. The summed E-state index contributed by atoms with van der Waals surface area (Å²) in [6.45, 7) is 0. The van der Waals surface area contributed by atoms with E-state index in [1.165, 1.54) is 0 Å². The molecule has 0 aromatic carbocycles. The van der Waals surface area contributed by atoms with E-state index in [0.29, 0.717) is 0 Å². The van der Waals surface area contributed by atoms with Crippen LogP contribution in [0.2, 0.25) is 0 Å². The second-order valence-electron chi connectivity index (χ2n) is 3.78. The lowest BCUT2D eigenvalue weighted by molar-refractivity contribution is -0.435. The Morgan fingerprint density at radius 2 is 1.04 bits per heavy atom. The Labute approximate surface area is 116 Å². The summed E-state index contributed by atoms with van der Waals surface area (Å²) in [4.78, 5) is 10.1. The van der Waals surface area contributed by atoms with Crippen molar-refractivity contribution in [3.63, 3.8) is 0 Å². The molecular formula is C8H2F12O3. The maximum atomic E-state index is 13.3. The van der Waals surface area contributed by atoms with E-state index in [9.17, 15) is 57.5 Å². The van der Waals surface area contributed by atoms with Gasteiger partial charge in [-0.1, -0.05) is 0 Å². The lowest BCUT2D eigenvalue weighted by Gasteiger charge is -2.38. The van der Waals surface area contributed by atoms with Gasteiger partial charge in [0.25, 0.3) is 0 Å². The lowest BCUT2D eigenvalue weighted by Crippen LogP contribution is -2.62. The van der Waals surface area contributed by atoms with Crippen LogP contribution in [-0.4, -0.2) is 40.8 Å². The molecule has 0 unspecified atom stereocenters. The molecule has 0 aromatic heterocycles. The number of hydrogen-bond acceptors (Lipinski definition) is 2. The molecule has 0 amide bonds. The van der Waals surface area contributed by atoms with Crippen molar-refractivity contribution in [2.24, 2.45) is 5.41 Å². The number of halogens is 12. The van der Waals surface area contributed by atoms with Gasteiger partial charge in [0, 0.05) is 0 Å². The zero-order valence-corrected chi connectivity index (χ0v) is 9.84. The first-order valence-electron chi connectivity index (χ1n) is 4.67. The third-order valence-electron chi connectivity index (χ3n) is 2.35. The number of aliphatic hydroxyl groups is 1. The summed E-state index contributed by atoms with van der Waals surface area (Å²) >= 11 is 0. The van der Waals surface area contributed by atoms with E-state index in [4.69, 9.17) is 10.2 Å². The molecule has 0 spiro atoms. The second kappa shape index (κ2) is 5.45. The summed E-state index contributed by atoms with van der Waals surface area (Å²) in [6, 6.07) is 0. The second-order valence-corrected chi connectivity index (χ2v) is 3.78. The molecule has 2 N–H and O–H groups in total. The highest BCUT2D eigenvalue weighted by atomic mass is 19.4. The van der Waals surface area contributed by atoms with Crippen LogP contribution >= 0.6 is 0 Å². The van der Waals surface area contributed by atoms with E-state index < -0.39 is 47.4 Å². The topological polar surface area (TPSA) is 57.5 Å². The maximum Gasteiger partial charge on any atom is 0.425 e. The van der Waals surface area contributed by atoms with Crippen LogP contribution in [0.1, 0.15) is 0 Å². The molecule has 15 heteroatoms. The maximum absolute atomic E-state index is 13.3. The summed E-state index contributed by atoms with van der Waals surface area (Å²) in [6.07, 6.45) is -29.1. The fourth-order valence-electron chi connectivity index (χ4n) is 1.41. The van der Waals surface area contributed by atoms with Gasteiger partial charge < -0.3 is 10.2 Å². The molecule has 136 valence electrons. The van der Waals surface area contributed by atoms with Crippen molar-refractivity contribution in [1.82, 2.24) is 0 Å². The zero-order chi connectivity index (χ0) is 19.2. The lowest BCUT2D eigenvalue weighted by atomic mass is 9.80. The van der Waals surface area contributed by atoms with E-state index in [1.54, 1.807) is 0 Å². The molecule has 0 aliphatic heterocycles. The van der Waals surface area contributed by atoms with Crippen LogP contribution in [0.3, 0.4) is 0 Å². The summed E-state index contributed by atoms with van der Waals surface area (Å²) in [5, 5.41) is 15.8. The van der Waals surface area contributed by atoms with Gasteiger partial charge in [-0.2, -0.15) is 48.3 Å². The first kappa shape index (κ1) is 21.3. The van der Waals surface area contributed by atoms with Crippen LogP contribution in [0.4, 0.5) is 52.7 Å². The Balaban J connectivity index is 7.30. The molecule has 3 nitrogen and oxygen atoms in total. The van der Waals surface area contributed by atoms with Gasteiger partial charge in [-0.05, 0) is 0 Å². The van der Waals surface area contributed by atoms with Crippen LogP contribution < -0.4 is 0 Å². The highest BCUT2D eigenvalue weighted by Gasteiger charge is 2.86. The van der Waals surface area contributed by atoms with Crippen LogP contribution in [0.25, 0.3) is 0 Å². The Morgan fingerprint density at radius 3 is 1.17 bits per heavy atom. The fourth-order valence-corrected chi connectivity index (χ4v) is 1.41. The Bertz CT molecular complexity index is 466. The molecule has 0 aliphatic carbocycles. The standard InChI is InChI=1S/C8H2F12O3/c9-2(1(3(21)22)5(10,11)12)4(6(13,14)15,7(16,17)18)8(19,20)23/h23H,(H,21,22). The van der Waals surface area contributed by atoms with Gasteiger partial charge in [0.2, 0.25) is 0 Å². The first-order valence-corrected chi connectivity index (χ1v) is 4.67. The molecule has 0 saturated carbocycles. The van der Waals surface area contributed by atoms with Gasteiger partial charge in [-0.25, -0.2) is 9.18 Å². The molecule has 23 heavy (non-hydrogen) atoms. The van der Waals surface area contributed by atoms with Crippen molar-refractivity contribution in [1.29, 1.82) is 0 Å². The Hall–Kier alpha value is -1.67. The number of alkyl halides is 11. The zero-order valence-electron chi connectivity index (χ0n) is 9.84. The van der Waals surface area contributed by atoms with Crippen LogP contribution in [-0.2, 0) is 4.79 Å². The average molecular weight is 374 g/mol. The van der Waals surface area contributed by atoms with Crippen molar-refractivity contribution in [2.45, 2.75) is 24.6 Å². The SMILES string of the molecule is O=C(O)C(=C(F)C(C(O)(F)F)(C(F)(F)F)C(F)(F)F)C(F)(F)F. The van der Waals surface area contributed by atoms with E-state index >= 15 is 0 Å². The number of aliphatic carboxylic acids is 1. The highest BCUT2D eigenvalue weighted by molar-refractivity contribution is 5.89. The van der Waals surface area contributed by atoms with E-state index in [0.717, 1.165) is 0 Å². The smallest absolute Gasteiger partial charge is 0.425 e. The normalized spacial score (nSPS) is 16.2. The summed E-state index contributed by atoms with van der Waals surface area (Å²) in [5.74, 6) is -8.60. The highest BCUT2D eigenvalue weighted by Crippen LogP contribution is 2.63. The predicted octanol–water partition coefficient (Wildman–Crippen LogP) is 3.55. The number of hydrogen-bond donors (Lipinski definition) is 2. The van der Waals surface area contributed by atoms with Crippen LogP contribution in [0, 0.1) is 5.41 Å². The number of carboxylic acids is 1. The average Bonchev–Trinajstić information content (AvgIpc) is 2.04. The molecule has 0 bridgehead atoms. The van der Waals surface area contributed by atoms with Crippen molar-refractivity contribution < 1.29 is 67.7 Å². The van der Waals surface area contributed by atoms with Gasteiger partial charge in [0.15, 0.2) is 11.4 Å². The van der Waals surface area contributed by atoms with Crippen LogP contribution in [0.15, 0.2) is 11.4 Å². The van der Waals surface area contributed by atoms with Crippen molar-refractivity contribution >= 4 is 5.97 Å². The monoisotopic (exact) mass is 374 g/mol. The molecule has 0 saturated heterocycles. The molecule has 0 fully saturated rings. The molecular weight excluding hydrogens is 372 g/mol. The van der Waals surface area contributed by atoms with Crippen LogP contribution in [0.5, 0.6) is 0 Å². The van der Waals surface area contributed by atoms with Crippen molar-refractivity contribution in [3.05, 3.63) is 11.4 Å². The molecule has 0 atom stereocenters. The van der Waals surface area contributed by atoms with Gasteiger partial charge >= 0.3 is 36.0 Å². The molecule has 0 heterocycles. The van der Waals surface area contributed by atoms with E-state index in [1.807, 2.05) is 0 Å². The van der Waals surface area contributed by atoms with Gasteiger partial charge in [0.1, 0.15) is 0 Å². The third kappa shape index (κ3) is 3.32. The molecule has 0 radical (unpaired) electrons. The quantitative estimate of drug-likeness (QED) is 0.587. The largest absolute Gasteiger partial charge is 0.478 e. The molecule has 0 aromatic rings. The van der Waals surface area contributed by atoms with Crippen molar-refractivity contribution in [2.75, 3.05) is 0 Å². The van der Waals surface area contributed by atoms with Gasteiger partial charge in [-0.3, -0.25) is 0 Å². The predicted molar refractivity (Wildman–Crippen MR) is 43.5 cm³/mol. The van der Waals surface area contributed by atoms with E-state index in [-0.39, 0.29) is 0 Å². The summed E-state index contributed by atoms with van der Waals surface area (Å²) in [5.41, 5.74) is -11.6. The van der Waals surface area contributed by atoms with Gasteiger partial charge in [0.05, 0.1) is 0 Å². The van der Waals surface area contributed by atoms with E-state index in [2.05, 4.69) is 0 Å². The summed E-state index contributed by atoms with van der Waals surface area (Å²) < 4.78 is 150. The Kier molecular flexibility index (Phi) is 5.06. The minimum atomic E-state index is -7.58. The number of carbonyl (C=O) groups is 1. The molecule has 0 aliphatic rings. The molecule has 0 rings (SSSR count). The van der Waals surface area contributed by atoms with Gasteiger partial charge in [-0.15, -0.1) is 0 Å². The number of carboxylic acid groups (broad SMARTS) is 1. The first-order chi connectivity index (χ1) is 9.73. The minimum Gasteiger partial charge on any atom is -0.478 e. The number of rotatable bonds is 3. The fraction of sp³-hybridized carbons (Fsp3) is 0.625. The van der Waals surface area contributed by atoms with Crippen molar-refractivity contribution in [3.8, 4) is 0 Å². The Morgan fingerprint density at radius 1 is 0.739 bits per heavy atom. The summed E-state index contributed by atoms with van der Waals surface area (Å²) in [7, 11) is 0. The minimum absolute atomic E-state index is 3.74.